The second kappa shape index (κ2) is 7.78. The van der Waals surface area contributed by atoms with Gasteiger partial charge in [0.1, 0.15) is 18.2 Å². The van der Waals surface area contributed by atoms with E-state index in [-0.39, 0.29) is 18.9 Å². The van der Waals surface area contributed by atoms with E-state index in [4.69, 9.17) is 4.74 Å². The molecule has 0 aliphatic carbocycles. The molecular weight excluding hydrogens is 386 g/mol. The monoisotopic (exact) mass is 411 g/mol. The minimum atomic E-state index is -3.89. The van der Waals surface area contributed by atoms with Gasteiger partial charge in [0.2, 0.25) is 5.91 Å². The number of nitrogens with one attached hydrogen (secondary N) is 2. The van der Waals surface area contributed by atoms with Crippen LogP contribution in [0, 0.1) is 6.92 Å². The number of esters is 1. The minimum Gasteiger partial charge on any atom is -0.458 e. The maximum atomic E-state index is 12.4. The smallest absolute Gasteiger partial charge is 0.329 e. The highest BCUT2D eigenvalue weighted by Gasteiger charge is 2.35. The maximum absolute atomic E-state index is 12.4. The first-order valence-corrected chi connectivity index (χ1v) is 10.2. The third-order valence-corrected chi connectivity index (χ3v) is 5.25. The summed E-state index contributed by atoms with van der Waals surface area (Å²) in [6.07, 6.45) is 0.180. The van der Waals surface area contributed by atoms with Crippen LogP contribution in [0.15, 0.2) is 18.2 Å². The Morgan fingerprint density at radius 1 is 1.32 bits per heavy atom. The predicted octanol–water partition coefficient (Wildman–Crippen LogP) is 0.565. The second-order valence-electron chi connectivity index (χ2n) is 7.65. The van der Waals surface area contributed by atoms with E-state index in [0.29, 0.717) is 16.8 Å². The molecule has 0 saturated carbocycles. The predicted molar refractivity (Wildman–Crippen MR) is 103 cm³/mol. The molecule has 1 atom stereocenters. The van der Waals surface area contributed by atoms with Crippen molar-refractivity contribution in [3.05, 3.63) is 29.3 Å². The average molecular weight is 411 g/mol. The fourth-order valence-electron chi connectivity index (χ4n) is 2.83. The first-order valence-electron chi connectivity index (χ1n) is 8.71. The zero-order valence-electron chi connectivity index (χ0n) is 16.5. The van der Waals surface area contributed by atoms with Gasteiger partial charge in [-0.3, -0.25) is 9.59 Å². The summed E-state index contributed by atoms with van der Waals surface area (Å²) < 4.78 is 32.3. The molecule has 1 aliphatic heterocycles. The molecule has 1 aromatic rings. The van der Waals surface area contributed by atoms with Crippen LogP contribution < -0.4 is 14.3 Å². The van der Waals surface area contributed by atoms with Crippen LogP contribution >= 0.6 is 0 Å². The van der Waals surface area contributed by atoms with E-state index in [1.165, 1.54) is 6.92 Å². The van der Waals surface area contributed by atoms with Gasteiger partial charge in [0, 0.05) is 13.3 Å². The van der Waals surface area contributed by atoms with Gasteiger partial charge < -0.3 is 10.1 Å². The van der Waals surface area contributed by atoms with Crippen LogP contribution in [-0.4, -0.2) is 44.4 Å². The topological polar surface area (TPSA) is 122 Å². The van der Waals surface area contributed by atoms with Crippen LogP contribution in [0.25, 0.3) is 0 Å². The molecule has 0 unspecified atom stereocenters. The zero-order valence-corrected chi connectivity index (χ0v) is 17.3. The number of ether oxygens (including phenoxy) is 1. The normalized spacial score (nSPS) is 17.0. The Balaban J connectivity index is 2.24. The van der Waals surface area contributed by atoms with Crippen molar-refractivity contribution in [3.63, 3.8) is 0 Å². The summed E-state index contributed by atoms with van der Waals surface area (Å²) in [7, 11) is -3.89. The Hall–Kier alpha value is -2.62. The Morgan fingerprint density at radius 2 is 1.96 bits per heavy atom. The number of aryl methyl sites for hydroxylation is 1. The SMILES string of the molecule is CC(=O)N[C@@H](Cc1ccc(N2CC(=O)NS2(=O)=O)c(C)c1)C(=O)OC(C)(C)C. The fourth-order valence-corrected chi connectivity index (χ4v) is 4.05. The van der Waals surface area contributed by atoms with Crippen LogP contribution in [-0.2, 0) is 35.8 Å². The highest BCUT2D eigenvalue weighted by molar-refractivity contribution is 7.92. The molecule has 1 heterocycles. The van der Waals surface area contributed by atoms with Crippen molar-refractivity contribution in [2.45, 2.75) is 52.7 Å². The summed E-state index contributed by atoms with van der Waals surface area (Å²) in [6.45, 7) is 7.95. The number of carbonyl (C=O) groups excluding carboxylic acids is 3. The highest BCUT2D eigenvalue weighted by Crippen LogP contribution is 2.26. The average Bonchev–Trinajstić information content (AvgIpc) is 2.77. The van der Waals surface area contributed by atoms with Crippen molar-refractivity contribution < 1.29 is 27.5 Å². The number of hydrogen-bond acceptors (Lipinski definition) is 6. The third kappa shape index (κ3) is 5.44. The highest BCUT2D eigenvalue weighted by atomic mass is 32.2. The van der Waals surface area contributed by atoms with Crippen LogP contribution in [0.1, 0.15) is 38.8 Å². The van der Waals surface area contributed by atoms with Crippen LogP contribution in [0.5, 0.6) is 0 Å². The Bertz CT molecular complexity index is 904. The fraction of sp³-hybridized carbons (Fsp3) is 0.500. The number of hydrogen-bond donors (Lipinski definition) is 2. The lowest BCUT2D eigenvalue weighted by Gasteiger charge is -2.25. The first kappa shape index (κ1) is 21.7. The zero-order chi connectivity index (χ0) is 21.3. The number of nitrogens with zero attached hydrogens (tertiary/aromatic N) is 1. The van der Waals surface area contributed by atoms with Gasteiger partial charge in [-0.2, -0.15) is 8.42 Å². The standard InChI is InChI=1S/C18H25N3O6S/c1-11-8-13(6-7-15(11)21-10-16(23)20-28(21,25)26)9-14(19-12(2)22)17(24)27-18(3,4)5/h6-8,14H,9-10H2,1-5H3,(H,19,22)(H,20,23)/t14-/m0/s1. The van der Waals surface area contributed by atoms with Crippen LogP contribution in [0.2, 0.25) is 0 Å². The molecule has 1 fully saturated rings. The lowest BCUT2D eigenvalue weighted by atomic mass is 10.0. The molecule has 0 bridgehead atoms. The van der Waals surface area contributed by atoms with Crippen molar-refractivity contribution in [2.24, 2.45) is 0 Å². The van der Waals surface area contributed by atoms with E-state index in [2.05, 4.69) is 5.32 Å². The van der Waals surface area contributed by atoms with Crippen molar-refractivity contribution >= 4 is 33.7 Å². The molecule has 0 aromatic heterocycles. The molecule has 2 amide bonds. The molecule has 0 spiro atoms. The van der Waals surface area contributed by atoms with Gasteiger partial charge in [-0.25, -0.2) is 13.8 Å². The Morgan fingerprint density at radius 3 is 2.43 bits per heavy atom. The molecule has 1 saturated heterocycles. The first-order chi connectivity index (χ1) is 12.8. The lowest BCUT2D eigenvalue weighted by molar-refractivity contribution is -0.158. The summed E-state index contributed by atoms with van der Waals surface area (Å²) in [4.78, 5) is 35.3. The van der Waals surface area contributed by atoms with Gasteiger partial charge in [0.25, 0.3) is 5.91 Å². The van der Waals surface area contributed by atoms with Crippen molar-refractivity contribution in [1.29, 1.82) is 0 Å². The number of anilines is 1. The molecule has 10 heteroatoms. The molecule has 154 valence electrons. The molecule has 28 heavy (non-hydrogen) atoms. The minimum absolute atomic E-state index is 0.180. The van der Waals surface area contributed by atoms with E-state index < -0.39 is 33.7 Å². The van der Waals surface area contributed by atoms with Crippen molar-refractivity contribution in [3.8, 4) is 0 Å². The summed E-state index contributed by atoms with van der Waals surface area (Å²) in [6, 6.07) is 4.07. The Kier molecular flexibility index (Phi) is 6.03. The number of benzene rings is 1. The third-order valence-electron chi connectivity index (χ3n) is 3.86. The summed E-state index contributed by atoms with van der Waals surface area (Å²) >= 11 is 0. The largest absolute Gasteiger partial charge is 0.458 e. The molecule has 1 aliphatic rings. The van der Waals surface area contributed by atoms with Gasteiger partial charge in [0.15, 0.2) is 0 Å². The van der Waals surface area contributed by atoms with E-state index in [9.17, 15) is 22.8 Å². The number of rotatable bonds is 5. The maximum Gasteiger partial charge on any atom is 0.329 e. The van der Waals surface area contributed by atoms with Gasteiger partial charge in [-0.05, 0) is 44.9 Å². The van der Waals surface area contributed by atoms with E-state index in [1.54, 1.807) is 45.9 Å². The van der Waals surface area contributed by atoms with E-state index in [1.807, 2.05) is 4.72 Å². The van der Waals surface area contributed by atoms with Gasteiger partial charge in [0.05, 0.1) is 5.69 Å². The molecule has 2 N–H and O–H groups in total. The molecule has 1 aromatic carbocycles. The van der Waals surface area contributed by atoms with E-state index >= 15 is 0 Å². The molecule has 0 radical (unpaired) electrons. The number of carbonyl (C=O) groups is 3. The molecular formula is C18H25N3O6S. The van der Waals surface area contributed by atoms with Gasteiger partial charge >= 0.3 is 16.2 Å². The van der Waals surface area contributed by atoms with Crippen LogP contribution in [0.3, 0.4) is 0 Å². The van der Waals surface area contributed by atoms with Crippen molar-refractivity contribution in [2.75, 3.05) is 10.8 Å². The lowest BCUT2D eigenvalue weighted by Crippen LogP contribution is -2.44. The van der Waals surface area contributed by atoms with Crippen LogP contribution in [0.4, 0.5) is 5.69 Å². The molecule has 9 nitrogen and oxygen atoms in total. The summed E-state index contributed by atoms with van der Waals surface area (Å²) in [5, 5.41) is 2.58. The Labute approximate surface area is 164 Å². The van der Waals surface area contributed by atoms with Gasteiger partial charge in [-0.15, -0.1) is 0 Å². The quantitative estimate of drug-likeness (QED) is 0.683. The summed E-state index contributed by atoms with van der Waals surface area (Å²) in [5.41, 5.74) is 0.998. The van der Waals surface area contributed by atoms with E-state index in [0.717, 1.165) is 4.31 Å². The second-order valence-corrected chi connectivity index (χ2v) is 9.24. The van der Waals surface area contributed by atoms with Crippen molar-refractivity contribution in [1.82, 2.24) is 10.0 Å². The van der Waals surface area contributed by atoms with Gasteiger partial charge in [-0.1, -0.05) is 12.1 Å². The molecule has 2 rings (SSSR count). The summed E-state index contributed by atoms with van der Waals surface area (Å²) in [5.74, 6) is -1.52. The number of amides is 2.